The maximum atomic E-state index is 5.52. The van der Waals surface area contributed by atoms with Gasteiger partial charge in [0.2, 0.25) is 0 Å². The van der Waals surface area contributed by atoms with E-state index in [1.165, 1.54) is 22.4 Å². The van der Waals surface area contributed by atoms with Crippen molar-refractivity contribution in [1.29, 1.82) is 0 Å². The van der Waals surface area contributed by atoms with Gasteiger partial charge in [-0.3, -0.25) is 0 Å². The van der Waals surface area contributed by atoms with E-state index < -0.39 is 0 Å². The summed E-state index contributed by atoms with van der Waals surface area (Å²) in [6.07, 6.45) is 11.8. The van der Waals surface area contributed by atoms with Gasteiger partial charge in [0.15, 0.2) is 0 Å². The first-order chi connectivity index (χ1) is 12.4. The standard InChI is InChI=1S/C21H25N3O/c1-2-3-11-22-23-17-20-10-9-19(16-18-7-5-4-6-8-18)21(20)24-12-14-25-15-13-24/h2-8,11,16-17H,9-10,12-15H2,1H3/b3-2+,19-16-,22-11+,23-17+. The Hall–Kier alpha value is -2.46. The van der Waals surface area contributed by atoms with Gasteiger partial charge in [0, 0.05) is 25.0 Å². The third-order valence-electron chi connectivity index (χ3n) is 4.37. The van der Waals surface area contributed by atoms with Gasteiger partial charge in [-0.1, -0.05) is 36.4 Å². The van der Waals surface area contributed by atoms with Crippen LogP contribution in [0.15, 0.2) is 69.5 Å². The van der Waals surface area contributed by atoms with E-state index in [0.717, 1.165) is 39.1 Å². The van der Waals surface area contributed by atoms with Gasteiger partial charge in [-0.15, -0.1) is 0 Å². The normalized spacial score (nSPS) is 20.8. The lowest BCUT2D eigenvalue weighted by molar-refractivity contribution is 0.0548. The van der Waals surface area contributed by atoms with Gasteiger partial charge in [-0.2, -0.15) is 10.2 Å². The summed E-state index contributed by atoms with van der Waals surface area (Å²) < 4.78 is 5.52. The van der Waals surface area contributed by atoms with Gasteiger partial charge in [-0.25, -0.2) is 0 Å². The van der Waals surface area contributed by atoms with Crippen molar-refractivity contribution in [2.24, 2.45) is 10.2 Å². The number of allylic oxidation sites excluding steroid dienone is 4. The molecule has 0 amide bonds. The van der Waals surface area contributed by atoms with Crippen LogP contribution in [0.3, 0.4) is 0 Å². The molecule has 0 N–H and O–H groups in total. The quantitative estimate of drug-likeness (QED) is 0.600. The Kier molecular flexibility index (Phi) is 6.35. The van der Waals surface area contributed by atoms with Crippen molar-refractivity contribution in [2.75, 3.05) is 26.3 Å². The van der Waals surface area contributed by atoms with E-state index in [0.29, 0.717) is 0 Å². The lowest BCUT2D eigenvalue weighted by atomic mass is 10.1. The highest BCUT2D eigenvalue weighted by Crippen LogP contribution is 2.34. The summed E-state index contributed by atoms with van der Waals surface area (Å²) in [7, 11) is 0. The number of benzene rings is 1. The largest absolute Gasteiger partial charge is 0.378 e. The SMILES string of the molecule is C/C=C/C=N/N=C/C1=C(N2CCOCC2)C(=C\c2ccccc2)/CC1. The van der Waals surface area contributed by atoms with Crippen LogP contribution in [0.4, 0.5) is 0 Å². The van der Waals surface area contributed by atoms with Crippen molar-refractivity contribution in [3.05, 3.63) is 64.9 Å². The Bertz CT molecular complexity index is 708. The molecule has 25 heavy (non-hydrogen) atoms. The maximum Gasteiger partial charge on any atom is 0.0642 e. The molecule has 2 aliphatic rings. The Morgan fingerprint density at radius 3 is 2.60 bits per heavy atom. The highest BCUT2D eigenvalue weighted by molar-refractivity contribution is 5.84. The Labute approximate surface area is 149 Å². The van der Waals surface area contributed by atoms with Crippen molar-refractivity contribution >= 4 is 18.5 Å². The van der Waals surface area contributed by atoms with Gasteiger partial charge in [0.25, 0.3) is 0 Å². The molecular formula is C21H25N3O. The summed E-state index contributed by atoms with van der Waals surface area (Å²) in [5.41, 5.74) is 5.21. The van der Waals surface area contributed by atoms with Crippen LogP contribution in [0, 0.1) is 0 Å². The van der Waals surface area contributed by atoms with Crippen molar-refractivity contribution in [1.82, 2.24) is 4.90 Å². The predicted molar refractivity (Wildman–Crippen MR) is 105 cm³/mol. The molecule has 1 fully saturated rings. The molecule has 1 heterocycles. The summed E-state index contributed by atoms with van der Waals surface area (Å²) in [6.45, 7) is 5.39. The monoisotopic (exact) mass is 335 g/mol. The first-order valence-electron chi connectivity index (χ1n) is 8.88. The van der Waals surface area contributed by atoms with Crippen LogP contribution in [0.2, 0.25) is 0 Å². The van der Waals surface area contributed by atoms with Gasteiger partial charge in [0.1, 0.15) is 0 Å². The summed E-state index contributed by atoms with van der Waals surface area (Å²) in [5, 5.41) is 8.30. The Morgan fingerprint density at radius 1 is 1.04 bits per heavy atom. The van der Waals surface area contributed by atoms with E-state index in [1.807, 2.05) is 25.3 Å². The zero-order valence-electron chi connectivity index (χ0n) is 14.8. The minimum absolute atomic E-state index is 0.784. The molecule has 1 aromatic rings. The lowest BCUT2D eigenvalue weighted by Gasteiger charge is -2.31. The molecule has 0 radical (unpaired) electrons. The minimum atomic E-state index is 0.784. The minimum Gasteiger partial charge on any atom is -0.378 e. The fourth-order valence-electron chi connectivity index (χ4n) is 3.19. The molecule has 1 aromatic carbocycles. The molecule has 0 saturated carbocycles. The van der Waals surface area contributed by atoms with Crippen LogP contribution in [0.1, 0.15) is 25.3 Å². The number of ether oxygens (including phenoxy) is 1. The molecule has 0 aromatic heterocycles. The molecule has 1 aliphatic heterocycles. The maximum absolute atomic E-state index is 5.52. The molecule has 1 saturated heterocycles. The topological polar surface area (TPSA) is 37.2 Å². The van der Waals surface area contributed by atoms with Crippen molar-refractivity contribution in [3.8, 4) is 0 Å². The highest BCUT2D eigenvalue weighted by atomic mass is 16.5. The second-order valence-corrected chi connectivity index (χ2v) is 6.09. The molecule has 0 atom stereocenters. The molecule has 4 heteroatoms. The van der Waals surface area contributed by atoms with Crippen LogP contribution in [0.25, 0.3) is 6.08 Å². The second kappa shape index (κ2) is 9.14. The smallest absolute Gasteiger partial charge is 0.0642 e. The van der Waals surface area contributed by atoms with E-state index in [1.54, 1.807) is 6.21 Å². The van der Waals surface area contributed by atoms with Crippen LogP contribution in [-0.4, -0.2) is 43.6 Å². The molecular weight excluding hydrogens is 310 g/mol. The lowest BCUT2D eigenvalue weighted by Crippen LogP contribution is -2.36. The van der Waals surface area contributed by atoms with Gasteiger partial charge >= 0.3 is 0 Å². The summed E-state index contributed by atoms with van der Waals surface area (Å²) in [4.78, 5) is 2.43. The first-order valence-corrected chi connectivity index (χ1v) is 8.88. The third-order valence-corrected chi connectivity index (χ3v) is 4.37. The number of morpholine rings is 1. The Balaban J connectivity index is 1.89. The van der Waals surface area contributed by atoms with E-state index in [4.69, 9.17) is 4.74 Å². The Morgan fingerprint density at radius 2 is 1.84 bits per heavy atom. The van der Waals surface area contributed by atoms with Crippen LogP contribution < -0.4 is 0 Å². The molecule has 0 unspecified atom stereocenters. The zero-order valence-corrected chi connectivity index (χ0v) is 14.8. The van der Waals surface area contributed by atoms with E-state index >= 15 is 0 Å². The van der Waals surface area contributed by atoms with Crippen molar-refractivity contribution < 1.29 is 4.74 Å². The highest BCUT2D eigenvalue weighted by Gasteiger charge is 2.25. The van der Waals surface area contributed by atoms with Crippen LogP contribution >= 0.6 is 0 Å². The predicted octanol–water partition coefficient (Wildman–Crippen LogP) is 4.08. The molecule has 3 rings (SSSR count). The summed E-state index contributed by atoms with van der Waals surface area (Å²) >= 11 is 0. The molecule has 4 nitrogen and oxygen atoms in total. The molecule has 0 bridgehead atoms. The van der Waals surface area contributed by atoms with E-state index in [9.17, 15) is 0 Å². The van der Waals surface area contributed by atoms with Gasteiger partial charge < -0.3 is 9.64 Å². The molecule has 0 spiro atoms. The van der Waals surface area contributed by atoms with E-state index in [-0.39, 0.29) is 0 Å². The van der Waals surface area contributed by atoms with Crippen molar-refractivity contribution in [3.63, 3.8) is 0 Å². The van der Waals surface area contributed by atoms with Crippen molar-refractivity contribution in [2.45, 2.75) is 19.8 Å². The second-order valence-electron chi connectivity index (χ2n) is 6.09. The summed E-state index contributed by atoms with van der Waals surface area (Å²) in [6, 6.07) is 10.5. The average molecular weight is 335 g/mol. The number of rotatable bonds is 5. The van der Waals surface area contributed by atoms with Gasteiger partial charge in [0.05, 0.1) is 19.4 Å². The average Bonchev–Trinajstić information content (AvgIpc) is 3.05. The molecule has 130 valence electrons. The number of hydrogen-bond acceptors (Lipinski definition) is 4. The fourth-order valence-corrected chi connectivity index (χ4v) is 3.19. The van der Waals surface area contributed by atoms with Crippen LogP contribution in [-0.2, 0) is 4.74 Å². The summed E-state index contributed by atoms with van der Waals surface area (Å²) in [5.74, 6) is 0. The van der Waals surface area contributed by atoms with Crippen LogP contribution in [0.5, 0.6) is 0 Å². The number of nitrogens with zero attached hydrogens (tertiary/aromatic N) is 3. The fraction of sp³-hybridized carbons (Fsp3) is 0.333. The molecule has 1 aliphatic carbocycles. The van der Waals surface area contributed by atoms with Gasteiger partial charge in [-0.05, 0) is 48.6 Å². The zero-order chi connectivity index (χ0) is 17.3. The van der Waals surface area contributed by atoms with E-state index in [2.05, 4.69) is 51.5 Å². The number of hydrogen-bond donors (Lipinski definition) is 0. The third kappa shape index (κ3) is 4.77. The first kappa shape index (κ1) is 17.4.